The lowest BCUT2D eigenvalue weighted by Crippen LogP contribution is -1.96. The van der Waals surface area contributed by atoms with Crippen LogP contribution in [0.1, 0.15) is 0 Å². The smallest absolute Gasteiger partial charge is 0.255 e. The summed E-state index contributed by atoms with van der Waals surface area (Å²) < 4.78 is 18.6. The molecule has 8 heteroatoms. The van der Waals surface area contributed by atoms with Gasteiger partial charge in [-0.25, -0.2) is 4.98 Å². The summed E-state index contributed by atoms with van der Waals surface area (Å²) in [6.45, 7) is 0. The van der Waals surface area contributed by atoms with Gasteiger partial charge in [-0.2, -0.15) is 4.39 Å². The summed E-state index contributed by atoms with van der Waals surface area (Å²) in [7, 11) is 1.30. The molecule has 0 aliphatic rings. The van der Waals surface area contributed by atoms with Crippen molar-refractivity contribution in [3.8, 4) is 16.9 Å². The Bertz CT molecular complexity index is 663. The zero-order valence-corrected chi connectivity index (χ0v) is 13.6. The first-order valence-corrected chi connectivity index (χ1v) is 6.99. The Hall–Kier alpha value is -0.450. The Labute approximate surface area is 139 Å². The highest BCUT2D eigenvalue weighted by Crippen LogP contribution is 2.50. The first-order chi connectivity index (χ1) is 9.40. The van der Waals surface area contributed by atoms with E-state index in [1.807, 2.05) is 0 Å². The molecule has 0 saturated carbocycles. The molecule has 0 fully saturated rings. The van der Waals surface area contributed by atoms with E-state index in [9.17, 15) is 4.39 Å². The topological polar surface area (TPSA) is 22.1 Å². The van der Waals surface area contributed by atoms with Gasteiger partial charge in [0, 0.05) is 17.3 Å². The monoisotopic (exact) mass is 373 g/mol. The molecule has 1 aromatic heterocycles. The van der Waals surface area contributed by atoms with Crippen LogP contribution in [0.2, 0.25) is 25.1 Å². The Morgan fingerprint density at radius 1 is 0.950 bits per heavy atom. The van der Waals surface area contributed by atoms with Crippen molar-refractivity contribution < 1.29 is 9.13 Å². The van der Waals surface area contributed by atoms with Gasteiger partial charge in [-0.05, 0) is 6.07 Å². The van der Waals surface area contributed by atoms with E-state index in [1.165, 1.54) is 19.4 Å². The van der Waals surface area contributed by atoms with Gasteiger partial charge in [0.05, 0.1) is 32.2 Å². The summed E-state index contributed by atoms with van der Waals surface area (Å²) in [4.78, 5) is 3.49. The number of ether oxygens (including phenoxy) is 1. The number of hydrogen-bond donors (Lipinski definition) is 0. The quantitative estimate of drug-likeness (QED) is 0.356. The second-order valence-electron chi connectivity index (χ2n) is 3.63. The SMILES string of the molecule is COc1c(-c2c(Cl)c(Cl)c(Cl)c(Cl)c2Cl)ccnc1F. The lowest BCUT2D eigenvalue weighted by molar-refractivity contribution is 0.379. The van der Waals surface area contributed by atoms with E-state index in [0.717, 1.165) is 0 Å². The van der Waals surface area contributed by atoms with Crippen LogP contribution < -0.4 is 4.74 Å². The number of benzene rings is 1. The molecule has 0 aliphatic carbocycles. The predicted octanol–water partition coefficient (Wildman–Crippen LogP) is 6.16. The number of nitrogens with zero attached hydrogens (tertiary/aromatic N) is 1. The molecule has 0 aliphatic heterocycles. The van der Waals surface area contributed by atoms with Crippen LogP contribution in [0.3, 0.4) is 0 Å². The molecular weight excluding hydrogens is 370 g/mol. The zero-order valence-electron chi connectivity index (χ0n) is 9.78. The van der Waals surface area contributed by atoms with Gasteiger partial charge in [0.15, 0.2) is 5.75 Å². The van der Waals surface area contributed by atoms with Crippen LogP contribution >= 0.6 is 58.0 Å². The highest BCUT2D eigenvalue weighted by molar-refractivity contribution is 6.56. The first-order valence-electron chi connectivity index (χ1n) is 5.10. The van der Waals surface area contributed by atoms with Crippen molar-refractivity contribution in [2.75, 3.05) is 7.11 Å². The normalized spacial score (nSPS) is 10.8. The van der Waals surface area contributed by atoms with Crippen LogP contribution in [-0.4, -0.2) is 12.1 Å². The molecule has 0 saturated heterocycles. The van der Waals surface area contributed by atoms with E-state index in [1.54, 1.807) is 0 Å². The van der Waals surface area contributed by atoms with Gasteiger partial charge in [-0.3, -0.25) is 0 Å². The summed E-state index contributed by atoms with van der Waals surface area (Å²) >= 11 is 30.1. The van der Waals surface area contributed by atoms with Crippen LogP contribution in [0, 0.1) is 5.95 Å². The minimum Gasteiger partial charge on any atom is -0.491 e. The number of hydrogen-bond acceptors (Lipinski definition) is 2. The maximum atomic E-state index is 13.7. The van der Waals surface area contributed by atoms with Gasteiger partial charge in [0.2, 0.25) is 0 Å². The third kappa shape index (κ3) is 2.53. The first kappa shape index (κ1) is 15.9. The zero-order chi connectivity index (χ0) is 15.0. The van der Waals surface area contributed by atoms with Gasteiger partial charge in [-0.15, -0.1) is 0 Å². The van der Waals surface area contributed by atoms with E-state index >= 15 is 0 Å². The van der Waals surface area contributed by atoms with Crippen molar-refractivity contribution >= 4 is 58.0 Å². The van der Waals surface area contributed by atoms with Crippen molar-refractivity contribution in [1.29, 1.82) is 0 Å². The van der Waals surface area contributed by atoms with Gasteiger partial charge in [0.1, 0.15) is 0 Å². The summed E-state index contributed by atoms with van der Waals surface area (Å²) in [5.41, 5.74) is 0.501. The largest absolute Gasteiger partial charge is 0.491 e. The van der Waals surface area contributed by atoms with Gasteiger partial charge >= 0.3 is 0 Å². The summed E-state index contributed by atoms with van der Waals surface area (Å²) in [5.74, 6) is -0.926. The minimum atomic E-state index is -0.806. The van der Waals surface area contributed by atoms with Crippen LogP contribution in [0.5, 0.6) is 5.75 Å². The van der Waals surface area contributed by atoms with Crippen molar-refractivity contribution in [2.24, 2.45) is 0 Å². The fraction of sp³-hybridized carbons (Fsp3) is 0.0833. The number of pyridine rings is 1. The second kappa shape index (κ2) is 6.12. The van der Waals surface area contributed by atoms with Gasteiger partial charge < -0.3 is 4.74 Å². The molecule has 2 rings (SSSR count). The summed E-state index contributed by atoms with van der Waals surface area (Å²) in [6.07, 6.45) is 1.25. The van der Waals surface area contributed by atoms with E-state index in [4.69, 9.17) is 62.7 Å². The number of methoxy groups -OCH3 is 1. The van der Waals surface area contributed by atoms with Crippen molar-refractivity contribution in [1.82, 2.24) is 4.98 Å². The molecule has 1 aromatic carbocycles. The van der Waals surface area contributed by atoms with Crippen LogP contribution in [0.15, 0.2) is 12.3 Å². The molecule has 0 atom stereocenters. The summed E-state index contributed by atoms with van der Waals surface area (Å²) in [5, 5.41) is 0.180. The molecule has 0 bridgehead atoms. The Kier molecular flexibility index (Phi) is 4.88. The van der Waals surface area contributed by atoms with Gasteiger partial charge in [0.25, 0.3) is 5.95 Å². The molecule has 0 amide bonds. The van der Waals surface area contributed by atoms with Crippen LogP contribution in [-0.2, 0) is 0 Å². The predicted molar refractivity (Wildman–Crippen MR) is 81.2 cm³/mol. The average molecular weight is 375 g/mol. The molecule has 0 radical (unpaired) electrons. The third-order valence-electron chi connectivity index (χ3n) is 2.54. The maximum Gasteiger partial charge on any atom is 0.255 e. The molecule has 0 N–H and O–H groups in total. The second-order valence-corrected chi connectivity index (χ2v) is 5.52. The standard InChI is InChI=1S/C12H5Cl5FNO/c1-20-11-4(2-3-19-12(11)18)5-6(13)8(15)10(17)9(16)7(5)14/h2-3H,1H3. The highest BCUT2D eigenvalue weighted by atomic mass is 35.5. The Morgan fingerprint density at radius 2 is 1.45 bits per heavy atom. The minimum absolute atomic E-state index is 0.0250. The van der Waals surface area contributed by atoms with E-state index in [-0.39, 0.29) is 42.0 Å². The number of halogens is 6. The molecule has 2 nitrogen and oxygen atoms in total. The van der Waals surface area contributed by atoms with Gasteiger partial charge in [-0.1, -0.05) is 58.0 Å². The van der Waals surface area contributed by atoms with Crippen molar-refractivity contribution in [3.05, 3.63) is 43.3 Å². The van der Waals surface area contributed by atoms with Crippen LogP contribution in [0.4, 0.5) is 4.39 Å². The molecule has 0 unspecified atom stereocenters. The maximum absolute atomic E-state index is 13.7. The lowest BCUT2D eigenvalue weighted by atomic mass is 10.1. The Balaban J connectivity index is 2.87. The fourth-order valence-electron chi connectivity index (χ4n) is 1.66. The highest BCUT2D eigenvalue weighted by Gasteiger charge is 2.24. The molecular formula is C12H5Cl5FNO. The molecule has 106 valence electrons. The number of rotatable bonds is 2. The van der Waals surface area contributed by atoms with Crippen LogP contribution in [0.25, 0.3) is 11.1 Å². The molecule has 2 aromatic rings. The van der Waals surface area contributed by atoms with E-state index in [2.05, 4.69) is 4.98 Å². The summed E-state index contributed by atoms with van der Waals surface area (Å²) in [6, 6.07) is 1.48. The third-order valence-corrected chi connectivity index (χ3v) is 4.82. The lowest BCUT2D eigenvalue weighted by Gasteiger charge is -2.15. The average Bonchev–Trinajstić information content (AvgIpc) is 2.43. The van der Waals surface area contributed by atoms with Crippen molar-refractivity contribution in [2.45, 2.75) is 0 Å². The fourth-order valence-corrected chi connectivity index (χ4v) is 3.00. The van der Waals surface area contributed by atoms with Crippen molar-refractivity contribution in [3.63, 3.8) is 0 Å². The molecule has 0 spiro atoms. The van der Waals surface area contributed by atoms with E-state index < -0.39 is 5.95 Å². The Morgan fingerprint density at radius 3 is 1.95 bits per heavy atom. The molecule has 20 heavy (non-hydrogen) atoms. The number of aromatic nitrogens is 1. The van der Waals surface area contributed by atoms with E-state index in [0.29, 0.717) is 0 Å². The molecule has 1 heterocycles.